The topological polar surface area (TPSA) is 387 Å². The number of carbonyl (C=O) groups is 1. The molecule has 6 heterocycles. The number of aromatic nitrogens is 6. The summed E-state index contributed by atoms with van der Waals surface area (Å²) >= 11 is 0. The summed E-state index contributed by atoms with van der Waals surface area (Å²) in [6.45, 7) is 20.5. The van der Waals surface area contributed by atoms with Gasteiger partial charge in [0.05, 0.1) is 71.6 Å². The first kappa shape index (κ1) is 75.2. The summed E-state index contributed by atoms with van der Waals surface area (Å²) in [5.41, 5.74) is 4.21. The Morgan fingerprint density at radius 2 is 1.10 bits per heavy atom. The molecule has 2 aromatic carbocycles. The molecular formula is C58H89N13O17S2. The van der Waals surface area contributed by atoms with Gasteiger partial charge in [-0.1, -0.05) is 46.2 Å². The van der Waals surface area contributed by atoms with Crippen LogP contribution in [0, 0.1) is 24.0 Å². The van der Waals surface area contributed by atoms with Crippen LogP contribution in [0.15, 0.2) is 60.9 Å². The van der Waals surface area contributed by atoms with Crippen LogP contribution in [-0.2, 0) is 47.4 Å². The molecule has 2 aliphatic heterocycles. The highest BCUT2D eigenvalue weighted by Crippen LogP contribution is 2.34. The number of aldehydes is 1. The number of fused-ring (bicyclic) bond motifs is 2. The van der Waals surface area contributed by atoms with Crippen LogP contribution < -0.4 is 26.5 Å². The molecule has 0 radical (unpaired) electrons. The predicted molar refractivity (Wildman–Crippen MR) is 339 cm³/mol. The van der Waals surface area contributed by atoms with E-state index in [4.69, 9.17) is 34.7 Å². The van der Waals surface area contributed by atoms with Crippen LogP contribution in [0.3, 0.4) is 0 Å². The standard InChI is InChI=1S/C28H40N6O6S.C25H32N6O8S.C2H7NO2.C2H6O.CH4/c1-5-8-24-23(19-29-40-17-16-35)20(4)26-28(36)30-27(31-34(24)26)22-18-21(9-10-25(22)39-7-3)41(37,38)33-14-12-32(11-6-2)13-15-33;1-4-6-21-20(16-32)17(3)23-25(33)26-24(27-30(21)23)19-15-18(7-8-22(19)38-5-2)40(36,37)29-11-9-28(10-12-29)13-14-39-31(34)35;3-5-2-1-4;1-2-3;/h9-10,18-19,35H,5-8,11-17H2,1-4H3,(H,30,31,36);7-8,15-16H,4-6,9-14H2,1-3H3,(H,26,27,33);4H,1-3H2;3H,2H2,1H3;1H4/b29-19+;;;;. The van der Waals surface area contributed by atoms with Gasteiger partial charge < -0.3 is 54.2 Å². The number of piperazine rings is 2. The van der Waals surface area contributed by atoms with E-state index in [0.717, 1.165) is 37.8 Å². The number of carbonyl (C=O) groups excluding carboxylic acids is 1. The number of hydrogen-bond acceptors (Lipinski definition) is 23. The van der Waals surface area contributed by atoms with Crippen molar-refractivity contribution >= 4 is 43.6 Å². The first-order valence-corrected chi connectivity index (χ1v) is 32.4. The number of aliphatic hydroxyl groups is 3. The number of aromatic amines is 2. The second-order valence-electron chi connectivity index (χ2n) is 20.1. The zero-order chi connectivity index (χ0) is 65.4. The molecule has 30 nitrogen and oxygen atoms in total. The lowest BCUT2D eigenvalue weighted by molar-refractivity contribution is -0.757. The quantitative estimate of drug-likeness (QED) is 0.0141. The number of rotatable bonds is 27. The van der Waals surface area contributed by atoms with E-state index in [1.807, 2.05) is 32.6 Å². The van der Waals surface area contributed by atoms with Gasteiger partial charge in [-0.25, -0.2) is 31.8 Å². The summed E-state index contributed by atoms with van der Waals surface area (Å²) in [5, 5.41) is 47.3. The summed E-state index contributed by atoms with van der Waals surface area (Å²) in [4.78, 5) is 72.0. The maximum Gasteiger partial charge on any atom is 0.294 e. The molecule has 90 heavy (non-hydrogen) atoms. The van der Waals surface area contributed by atoms with Gasteiger partial charge in [-0.2, -0.15) is 8.61 Å². The fourth-order valence-electron chi connectivity index (χ4n) is 10.1. The average Bonchev–Trinajstić information content (AvgIpc) is 1.56. The van der Waals surface area contributed by atoms with Crippen molar-refractivity contribution in [2.75, 3.05) is 118 Å². The molecule has 500 valence electrons. The fourth-order valence-corrected chi connectivity index (χ4v) is 13.0. The molecule has 7 N–H and O–H groups in total. The van der Waals surface area contributed by atoms with E-state index in [1.165, 1.54) is 43.6 Å². The number of aryl methyl sites for hydroxylation is 4. The van der Waals surface area contributed by atoms with Crippen molar-refractivity contribution in [1.82, 2.24) is 47.6 Å². The maximum atomic E-state index is 13.6. The van der Waals surface area contributed by atoms with Gasteiger partial charge in [0.2, 0.25) is 20.0 Å². The summed E-state index contributed by atoms with van der Waals surface area (Å²) in [7, 11) is -7.69. The van der Waals surface area contributed by atoms with Crippen molar-refractivity contribution in [3.05, 3.63) is 101 Å². The van der Waals surface area contributed by atoms with Gasteiger partial charge in [0, 0.05) is 76.6 Å². The minimum absolute atomic E-state index is 0. The minimum Gasteiger partial charge on any atom is -0.493 e. The smallest absolute Gasteiger partial charge is 0.294 e. The van der Waals surface area contributed by atoms with Crippen LogP contribution in [0.2, 0.25) is 0 Å². The second kappa shape index (κ2) is 36.6. The molecule has 0 bridgehead atoms. The highest BCUT2D eigenvalue weighted by Gasteiger charge is 2.32. The lowest BCUT2D eigenvalue weighted by Gasteiger charge is -2.33. The zero-order valence-corrected chi connectivity index (χ0v) is 53.4. The van der Waals surface area contributed by atoms with E-state index in [0.29, 0.717) is 128 Å². The van der Waals surface area contributed by atoms with Gasteiger partial charge in [0.15, 0.2) is 17.9 Å². The Morgan fingerprint density at radius 1 is 0.667 bits per heavy atom. The number of H-pyrrole nitrogens is 2. The first-order chi connectivity index (χ1) is 42.7. The van der Waals surface area contributed by atoms with E-state index < -0.39 is 30.7 Å². The Labute approximate surface area is 524 Å². The van der Waals surface area contributed by atoms with Gasteiger partial charge in [-0.15, -0.1) is 20.3 Å². The Kier molecular flexibility index (Phi) is 30.6. The SMILES string of the molecule is C.CCCc1c(/C=N/OCCO)c(C)c2c(=O)[nH]c(-c3cc(S(=O)(=O)N4CCN(CCC)CC4)ccc3OCC)nn12.CCCc1c(C=O)c(C)c2c(=O)[nH]c(-c3cc(S(=O)(=O)N4CCN(CCO[N+](=O)[O-])CC4)ccc3OCC)nn12.CCO.NOCCO. The molecule has 4 aromatic heterocycles. The number of sulfonamides is 2. The van der Waals surface area contributed by atoms with Crippen LogP contribution >= 0.6 is 0 Å². The number of nitrogens with zero attached hydrogens (tertiary/aromatic N) is 10. The molecule has 0 aliphatic carbocycles. The Hall–Kier alpha value is -7.24. The molecule has 0 unspecified atom stereocenters. The van der Waals surface area contributed by atoms with Crippen LogP contribution in [0.1, 0.15) is 107 Å². The average molecular weight is 1300 g/mol. The number of oxime groups is 1. The van der Waals surface area contributed by atoms with Gasteiger partial charge in [0.1, 0.15) is 35.7 Å². The Morgan fingerprint density at radius 3 is 1.48 bits per heavy atom. The second-order valence-corrected chi connectivity index (χ2v) is 24.0. The van der Waals surface area contributed by atoms with Crippen molar-refractivity contribution < 1.29 is 66.0 Å². The molecule has 6 aromatic rings. The predicted octanol–water partition coefficient (Wildman–Crippen LogP) is 3.59. The number of benzene rings is 2. The van der Waals surface area contributed by atoms with E-state index >= 15 is 0 Å². The molecule has 2 aliphatic rings. The van der Waals surface area contributed by atoms with E-state index in [2.05, 4.69) is 47.6 Å². The lowest BCUT2D eigenvalue weighted by Crippen LogP contribution is -2.49. The monoisotopic (exact) mass is 1300 g/mol. The molecule has 2 fully saturated rings. The molecule has 0 amide bonds. The van der Waals surface area contributed by atoms with Crippen molar-refractivity contribution in [3.63, 3.8) is 0 Å². The van der Waals surface area contributed by atoms with E-state index in [-0.39, 0.29) is 92.7 Å². The van der Waals surface area contributed by atoms with Crippen LogP contribution in [0.5, 0.6) is 11.5 Å². The van der Waals surface area contributed by atoms with E-state index in [9.17, 15) is 41.3 Å². The highest BCUT2D eigenvalue weighted by molar-refractivity contribution is 7.89. The Balaban J connectivity index is 0.000000340. The number of aliphatic hydroxyl groups excluding tert-OH is 3. The molecule has 0 atom stereocenters. The highest BCUT2D eigenvalue weighted by atomic mass is 32.2. The third-order valence-corrected chi connectivity index (χ3v) is 18.0. The summed E-state index contributed by atoms with van der Waals surface area (Å²) in [6.07, 6.45) is 5.93. The zero-order valence-electron chi connectivity index (χ0n) is 51.8. The molecule has 0 saturated carbocycles. The van der Waals surface area contributed by atoms with Crippen LogP contribution in [0.4, 0.5) is 0 Å². The van der Waals surface area contributed by atoms with Gasteiger partial charge in [-0.05, 0) is 108 Å². The third-order valence-electron chi connectivity index (χ3n) is 14.2. The lowest BCUT2D eigenvalue weighted by atomic mass is 10.1. The van der Waals surface area contributed by atoms with Gasteiger partial charge in [0.25, 0.3) is 16.2 Å². The number of nitrogens with two attached hydrogens (primary N) is 1. The molecule has 2 saturated heterocycles. The fraction of sp³-hybridized carbons (Fsp3) is 0.552. The van der Waals surface area contributed by atoms with Crippen LogP contribution in [0.25, 0.3) is 33.8 Å². The first-order valence-electron chi connectivity index (χ1n) is 29.5. The van der Waals surface area contributed by atoms with Crippen molar-refractivity contribution in [1.29, 1.82) is 0 Å². The largest absolute Gasteiger partial charge is 0.493 e. The van der Waals surface area contributed by atoms with Gasteiger partial charge in [-0.3, -0.25) is 19.3 Å². The summed E-state index contributed by atoms with van der Waals surface area (Å²) in [5.74, 6) is 5.55. The van der Waals surface area contributed by atoms with Crippen molar-refractivity contribution in [2.24, 2.45) is 11.1 Å². The van der Waals surface area contributed by atoms with Crippen molar-refractivity contribution in [2.45, 2.75) is 105 Å². The molecule has 32 heteroatoms. The summed E-state index contributed by atoms with van der Waals surface area (Å²) in [6, 6.07) is 9.11. The van der Waals surface area contributed by atoms with Crippen molar-refractivity contribution in [3.8, 4) is 34.3 Å². The normalized spacial score (nSPS) is 14.2. The number of hydrogen-bond donors (Lipinski definition) is 6. The maximum absolute atomic E-state index is 13.6. The molecule has 0 spiro atoms. The Bertz CT molecular complexity index is 3670. The third kappa shape index (κ3) is 18.7. The number of ether oxygens (including phenoxy) is 2. The summed E-state index contributed by atoms with van der Waals surface area (Å²) < 4.78 is 71.9. The minimum atomic E-state index is -3.92. The van der Waals surface area contributed by atoms with Crippen LogP contribution in [-0.4, -0.2) is 216 Å². The number of nitrogens with one attached hydrogen (secondary N) is 2. The van der Waals surface area contributed by atoms with Gasteiger partial charge >= 0.3 is 0 Å². The molecular weight excluding hydrogens is 1210 g/mol. The molecule has 8 rings (SSSR count). The van der Waals surface area contributed by atoms with E-state index in [1.54, 1.807) is 37.4 Å².